The molecule has 2 atom stereocenters. The first-order valence-electron chi connectivity index (χ1n) is 6.73. The molecule has 0 aromatic rings. The lowest BCUT2D eigenvalue weighted by molar-refractivity contribution is -0.137. The molecule has 96 valence electrons. The molecule has 0 spiro atoms. The standard InChI is InChI=1S/C15H24O2/c1-5-17-12(16)7-10-15-11-14(15,4)9-6-8-13(15,2)3/h7,10H,5-6,8-9,11H2,1-4H3. The zero-order valence-corrected chi connectivity index (χ0v) is 11.5. The van der Waals surface area contributed by atoms with Crippen LogP contribution in [0.2, 0.25) is 0 Å². The van der Waals surface area contributed by atoms with Crippen LogP contribution in [0.25, 0.3) is 0 Å². The molecule has 2 aliphatic carbocycles. The third kappa shape index (κ3) is 1.82. The topological polar surface area (TPSA) is 26.3 Å². The smallest absolute Gasteiger partial charge is 0.330 e. The first-order valence-corrected chi connectivity index (χ1v) is 6.73. The van der Waals surface area contributed by atoms with E-state index in [2.05, 4.69) is 26.8 Å². The SMILES string of the molecule is CCOC(=O)C=CC12CC1(C)CCCC2(C)C. The molecule has 0 aromatic carbocycles. The molecule has 17 heavy (non-hydrogen) atoms. The Hall–Kier alpha value is -0.790. The Balaban J connectivity index is 2.16. The van der Waals surface area contributed by atoms with Crippen molar-refractivity contribution in [2.24, 2.45) is 16.2 Å². The van der Waals surface area contributed by atoms with E-state index in [9.17, 15) is 4.79 Å². The molecule has 2 saturated carbocycles. The van der Waals surface area contributed by atoms with Crippen LogP contribution in [0.3, 0.4) is 0 Å². The van der Waals surface area contributed by atoms with Crippen molar-refractivity contribution in [2.75, 3.05) is 6.61 Å². The molecule has 0 radical (unpaired) electrons. The Morgan fingerprint density at radius 1 is 1.29 bits per heavy atom. The molecule has 0 saturated heterocycles. The zero-order valence-electron chi connectivity index (χ0n) is 11.5. The number of carbonyl (C=O) groups is 1. The highest BCUT2D eigenvalue weighted by molar-refractivity contribution is 5.82. The fourth-order valence-corrected chi connectivity index (χ4v) is 3.97. The maximum Gasteiger partial charge on any atom is 0.330 e. The van der Waals surface area contributed by atoms with Crippen LogP contribution in [0.4, 0.5) is 0 Å². The lowest BCUT2D eigenvalue weighted by Gasteiger charge is -2.41. The first kappa shape index (κ1) is 12.7. The van der Waals surface area contributed by atoms with Crippen LogP contribution >= 0.6 is 0 Å². The fourth-order valence-electron chi connectivity index (χ4n) is 3.97. The van der Waals surface area contributed by atoms with Crippen LogP contribution in [0.1, 0.15) is 53.4 Å². The predicted octanol–water partition coefficient (Wildman–Crippen LogP) is 3.71. The summed E-state index contributed by atoms with van der Waals surface area (Å²) >= 11 is 0. The van der Waals surface area contributed by atoms with Gasteiger partial charge in [-0.05, 0) is 42.4 Å². The van der Waals surface area contributed by atoms with Crippen molar-refractivity contribution in [3.05, 3.63) is 12.2 Å². The monoisotopic (exact) mass is 236 g/mol. The molecule has 2 nitrogen and oxygen atoms in total. The third-order valence-electron chi connectivity index (χ3n) is 5.15. The largest absolute Gasteiger partial charge is 0.463 e. The second kappa shape index (κ2) is 3.86. The molecule has 0 bridgehead atoms. The van der Waals surface area contributed by atoms with Gasteiger partial charge in [-0.15, -0.1) is 0 Å². The van der Waals surface area contributed by atoms with Crippen molar-refractivity contribution in [3.63, 3.8) is 0 Å². The van der Waals surface area contributed by atoms with Crippen LogP contribution < -0.4 is 0 Å². The Kier molecular flexibility index (Phi) is 2.87. The van der Waals surface area contributed by atoms with Gasteiger partial charge in [0.05, 0.1) is 6.61 Å². The maximum atomic E-state index is 11.5. The van der Waals surface area contributed by atoms with Crippen LogP contribution in [-0.4, -0.2) is 12.6 Å². The highest BCUT2D eigenvalue weighted by Gasteiger charge is 2.70. The third-order valence-corrected chi connectivity index (χ3v) is 5.15. The molecule has 2 rings (SSSR count). The van der Waals surface area contributed by atoms with Crippen LogP contribution in [0.15, 0.2) is 12.2 Å². The average Bonchev–Trinajstić information content (AvgIpc) is 2.84. The number of hydrogen-bond acceptors (Lipinski definition) is 2. The number of rotatable bonds is 3. The zero-order chi connectivity index (χ0) is 12.7. The molecule has 2 unspecified atom stereocenters. The average molecular weight is 236 g/mol. The van der Waals surface area contributed by atoms with E-state index in [-0.39, 0.29) is 11.4 Å². The molecule has 0 aromatic heterocycles. The summed E-state index contributed by atoms with van der Waals surface area (Å²) in [5.74, 6) is -0.197. The highest BCUT2D eigenvalue weighted by Crippen LogP contribution is 2.78. The minimum atomic E-state index is -0.197. The highest BCUT2D eigenvalue weighted by atomic mass is 16.5. The lowest BCUT2D eigenvalue weighted by atomic mass is 9.63. The van der Waals surface area contributed by atoms with Gasteiger partial charge in [0.25, 0.3) is 0 Å². The van der Waals surface area contributed by atoms with Gasteiger partial charge in [-0.3, -0.25) is 0 Å². The van der Waals surface area contributed by atoms with E-state index in [0.29, 0.717) is 17.4 Å². The molecule has 2 heteroatoms. The Labute approximate surface area is 104 Å². The van der Waals surface area contributed by atoms with E-state index in [1.807, 2.05) is 6.92 Å². The lowest BCUT2D eigenvalue weighted by Crippen LogP contribution is -2.33. The summed E-state index contributed by atoms with van der Waals surface area (Å²) in [5, 5.41) is 0. The van der Waals surface area contributed by atoms with Gasteiger partial charge in [-0.25, -0.2) is 4.79 Å². The molecule has 2 fully saturated rings. The molecule has 0 heterocycles. The minimum Gasteiger partial charge on any atom is -0.463 e. The number of carbonyl (C=O) groups excluding carboxylic acids is 1. The summed E-state index contributed by atoms with van der Waals surface area (Å²) < 4.78 is 4.97. The second-order valence-corrected chi connectivity index (χ2v) is 6.53. The molecular formula is C15H24O2. The normalized spacial score (nSPS) is 38.8. The van der Waals surface area contributed by atoms with Gasteiger partial charge >= 0.3 is 5.97 Å². The van der Waals surface area contributed by atoms with Gasteiger partial charge in [0.2, 0.25) is 0 Å². The second-order valence-electron chi connectivity index (χ2n) is 6.53. The Morgan fingerprint density at radius 2 is 2.00 bits per heavy atom. The Morgan fingerprint density at radius 3 is 2.59 bits per heavy atom. The maximum absolute atomic E-state index is 11.5. The minimum absolute atomic E-state index is 0.197. The van der Waals surface area contributed by atoms with E-state index in [0.717, 1.165) is 0 Å². The molecule has 0 amide bonds. The number of ether oxygens (including phenoxy) is 1. The van der Waals surface area contributed by atoms with Gasteiger partial charge in [-0.1, -0.05) is 33.3 Å². The first-order chi connectivity index (χ1) is 7.87. The van der Waals surface area contributed by atoms with Gasteiger partial charge in [0, 0.05) is 6.08 Å². The fraction of sp³-hybridized carbons (Fsp3) is 0.800. The van der Waals surface area contributed by atoms with E-state index < -0.39 is 0 Å². The van der Waals surface area contributed by atoms with E-state index in [1.165, 1.54) is 25.7 Å². The van der Waals surface area contributed by atoms with Crippen LogP contribution in [0.5, 0.6) is 0 Å². The van der Waals surface area contributed by atoms with Crippen molar-refractivity contribution < 1.29 is 9.53 Å². The number of esters is 1. The summed E-state index contributed by atoms with van der Waals surface area (Å²) in [7, 11) is 0. The summed E-state index contributed by atoms with van der Waals surface area (Å²) in [4.78, 5) is 11.5. The summed E-state index contributed by atoms with van der Waals surface area (Å²) in [6.07, 6.45) is 8.90. The van der Waals surface area contributed by atoms with E-state index >= 15 is 0 Å². The Bertz CT molecular complexity index is 356. The summed E-state index contributed by atoms with van der Waals surface area (Å²) in [6.45, 7) is 9.34. The van der Waals surface area contributed by atoms with E-state index in [4.69, 9.17) is 4.74 Å². The van der Waals surface area contributed by atoms with Crippen molar-refractivity contribution in [3.8, 4) is 0 Å². The van der Waals surface area contributed by atoms with E-state index in [1.54, 1.807) is 6.08 Å². The molecule has 0 aliphatic heterocycles. The van der Waals surface area contributed by atoms with Crippen LogP contribution in [-0.2, 0) is 9.53 Å². The van der Waals surface area contributed by atoms with Gasteiger partial charge < -0.3 is 4.74 Å². The van der Waals surface area contributed by atoms with Gasteiger partial charge in [0.1, 0.15) is 0 Å². The summed E-state index contributed by atoms with van der Waals surface area (Å²) in [5.41, 5.74) is 0.950. The number of hydrogen-bond donors (Lipinski definition) is 0. The van der Waals surface area contributed by atoms with Gasteiger partial charge in [0.15, 0.2) is 0 Å². The van der Waals surface area contributed by atoms with Crippen molar-refractivity contribution in [2.45, 2.75) is 53.4 Å². The quantitative estimate of drug-likeness (QED) is 0.551. The molecule has 0 N–H and O–H groups in total. The van der Waals surface area contributed by atoms with Crippen molar-refractivity contribution in [1.82, 2.24) is 0 Å². The predicted molar refractivity (Wildman–Crippen MR) is 68.6 cm³/mol. The van der Waals surface area contributed by atoms with Gasteiger partial charge in [-0.2, -0.15) is 0 Å². The molecule has 2 aliphatic rings. The molecular weight excluding hydrogens is 212 g/mol. The number of allylic oxidation sites excluding steroid dienone is 1. The van der Waals surface area contributed by atoms with Crippen LogP contribution in [0, 0.1) is 16.2 Å². The van der Waals surface area contributed by atoms with Crippen molar-refractivity contribution >= 4 is 5.97 Å². The van der Waals surface area contributed by atoms with Crippen molar-refractivity contribution in [1.29, 1.82) is 0 Å². The summed E-state index contributed by atoms with van der Waals surface area (Å²) in [6, 6.07) is 0. The number of fused-ring (bicyclic) bond motifs is 1.